The Morgan fingerprint density at radius 2 is 1.90 bits per heavy atom. The molecule has 0 spiro atoms. The summed E-state index contributed by atoms with van der Waals surface area (Å²) in [6, 6.07) is 18.5. The number of hydrogen-bond acceptors (Lipinski definition) is 6. The second-order valence-corrected chi connectivity index (χ2v) is 7.55. The molecule has 1 N–H and O–H groups in total. The van der Waals surface area contributed by atoms with Gasteiger partial charge in [0.25, 0.3) is 5.91 Å². The minimum absolute atomic E-state index is 0.231. The highest BCUT2D eigenvalue weighted by molar-refractivity contribution is 7.12. The summed E-state index contributed by atoms with van der Waals surface area (Å²) in [7, 11) is 1.61. The Labute approximate surface area is 176 Å². The molecule has 0 saturated carbocycles. The second-order valence-electron chi connectivity index (χ2n) is 6.16. The third-order valence-electron chi connectivity index (χ3n) is 4.24. The van der Waals surface area contributed by atoms with Crippen LogP contribution in [0.1, 0.15) is 15.2 Å². The zero-order chi connectivity index (χ0) is 20.2. The van der Waals surface area contributed by atoms with Crippen LogP contribution in [0.5, 0.6) is 5.75 Å². The summed E-state index contributed by atoms with van der Waals surface area (Å²) in [6.07, 6.45) is 0. The summed E-state index contributed by atoms with van der Waals surface area (Å²) in [5, 5.41) is 10.2. The first kappa shape index (κ1) is 19.2. The van der Waals surface area contributed by atoms with Crippen molar-refractivity contribution in [3.63, 3.8) is 0 Å². The van der Waals surface area contributed by atoms with Gasteiger partial charge in [-0.15, -0.1) is 16.4 Å². The van der Waals surface area contributed by atoms with Gasteiger partial charge in [0.05, 0.1) is 12.0 Å². The van der Waals surface area contributed by atoms with Crippen LogP contribution in [0.15, 0.2) is 66.0 Å². The molecule has 0 aliphatic rings. The van der Waals surface area contributed by atoms with Crippen molar-refractivity contribution in [2.24, 2.45) is 0 Å². The van der Waals surface area contributed by atoms with E-state index >= 15 is 0 Å². The van der Waals surface area contributed by atoms with Gasteiger partial charge in [0.15, 0.2) is 5.82 Å². The first-order valence-electron chi connectivity index (χ1n) is 8.82. The van der Waals surface area contributed by atoms with Crippen molar-refractivity contribution in [2.45, 2.75) is 6.54 Å². The second kappa shape index (κ2) is 8.46. The van der Waals surface area contributed by atoms with Gasteiger partial charge in [-0.2, -0.15) is 9.67 Å². The van der Waals surface area contributed by atoms with Crippen molar-refractivity contribution < 1.29 is 9.53 Å². The number of thiophene rings is 1. The molecule has 2 aromatic heterocycles. The van der Waals surface area contributed by atoms with Crippen LogP contribution in [0.2, 0.25) is 5.02 Å². The molecule has 2 heterocycles. The zero-order valence-electron chi connectivity index (χ0n) is 15.5. The normalized spacial score (nSPS) is 10.7. The van der Waals surface area contributed by atoms with E-state index in [1.54, 1.807) is 13.2 Å². The standard InChI is InChI=1S/C21H17ClN4O2S/c1-28-17-10-6-15(7-11-17)19-24-21(23-13-14-4-8-16(22)9-5-14)26(25-19)20(27)18-3-2-12-29-18/h2-12H,13H2,1H3,(H,23,24,25). The molecule has 4 aromatic rings. The van der Waals surface area contributed by atoms with Crippen molar-refractivity contribution in [2.75, 3.05) is 12.4 Å². The lowest BCUT2D eigenvalue weighted by Gasteiger charge is -2.06. The van der Waals surface area contributed by atoms with Crippen LogP contribution < -0.4 is 10.1 Å². The van der Waals surface area contributed by atoms with Crippen LogP contribution in [0.3, 0.4) is 0 Å². The summed E-state index contributed by atoms with van der Waals surface area (Å²) in [5.41, 5.74) is 1.80. The molecule has 0 atom stereocenters. The molecule has 29 heavy (non-hydrogen) atoms. The monoisotopic (exact) mass is 424 g/mol. The Morgan fingerprint density at radius 3 is 2.55 bits per heavy atom. The van der Waals surface area contributed by atoms with Gasteiger partial charge in [-0.25, -0.2) is 0 Å². The van der Waals surface area contributed by atoms with E-state index in [-0.39, 0.29) is 5.91 Å². The zero-order valence-corrected chi connectivity index (χ0v) is 17.1. The van der Waals surface area contributed by atoms with E-state index in [9.17, 15) is 4.79 Å². The van der Waals surface area contributed by atoms with Gasteiger partial charge in [-0.1, -0.05) is 29.8 Å². The van der Waals surface area contributed by atoms with Crippen LogP contribution in [0, 0.1) is 0 Å². The predicted molar refractivity (Wildman–Crippen MR) is 115 cm³/mol. The average molecular weight is 425 g/mol. The van der Waals surface area contributed by atoms with Crippen molar-refractivity contribution in [1.82, 2.24) is 14.8 Å². The first-order valence-corrected chi connectivity index (χ1v) is 10.1. The maximum absolute atomic E-state index is 12.9. The fourth-order valence-corrected chi connectivity index (χ4v) is 3.49. The third kappa shape index (κ3) is 4.31. The number of nitrogens with zero attached hydrogens (tertiary/aromatic N) is 3. The lowest BCUT2D eigenvalue weighted by molar-refractivity contribution is 0.0951. The lowest BCUT2D eigenvalue weighted by Crippen LogP contribution is -2.16. The van der Waals surface area contributed by atoms with E-state index < -0.39 is 0 Å². The number of carbonyl (C=O) groups excluding carboxylic acids is 1. The minimum atomic E-state index is -0.231. The number of methoxy groups -OCH3 is 1. The third-order valence-corrected chi connectivity index (χ3v) is 5.35. The molecule has 146 valence electrons. The number of hydrogen-bond donors (Lipinski definition) is 1. The highest BCUT2D eigenvalue weighted by Crippen LogP contribution is 2.23. The molecule has 6 nitrogen and oxygen atoms in total. The Kier molecular flexibility index (Phi) is 5.59. The van der Waals surface area contributed by atoms with Crippen LogP contribution in [-0.2, 0) is 6.54 Å². The molecular formula is C21H17ClN4O2S. The van der Waals surface area contributed by atoms with Crippen LogP contribution in [-0.4, -0.2) is 27.8 Å². The number of ether oxygens (including phenoxy) is 1. The fourth-order valence-electron chi connectivity index (χ4n) is 2.72. The van der Waals surface area contributed by atoms with Crippen molar-refractivity contribution in [3.05, 3.63) is 81.5 Å². The van der Waals surface area contributed by atoms with Crippen LogP contribution in [0.25, 0.3) is 11.4 Å². The Balaban J connectivity index is 1.66. The molecule has 0 saturated heterocycles. The van der Waals surface area contributed by atoms with Gasteiger partial charge in [-0.3, -0.25) is 4.79 Å². The molecular weight excluding hydrogens is 408 g/mol. The average Bonchev–Trinajstić information content (AvgIpc) is 3.43. The van der Waals surface area contributed by atoms with Crippen molar-refractivity contribution >= 4 is 34.8 Å². The van der Waals surface area contributed by atoms with Crippen LogP contribution in [0.4, 0.5) is 5.95 Å². The number of rotatable bonds is 6. The molecule has 0 amide bonds. The molecule has 4 rings (SSSR count). The number of carbonyl (C=O) groups is 1. The smallest absolute Gasteiger partial charge is 0.291 e. The molecule has 0 bridgehead atoms. The van der Waals surface area contributed by atoms with E-state index in [0.29, 0.717) is 28.2 Å². The van der Waals surface area contributed by atoms with E-state index in [0.717, 1.165) is 16.9 Å². The van der Waals surface area contributed by atoms with E-state index in [1.807, 2.05) is 60.0 Å². The van der Waals surface area contributed by atoms with Gasteiger partial charge in [0, 0.05) is 17.1 Å². The fraction of sp³-hybridized carbons (Fsp3) is 0.0952. The first-order chi connectivity index (χ1) is 14.1. The topological polar surface area (TPSA) is 69.0 Å². The van der Waals surface area contributed by atoms with Gasteiger partial charge in [0.1, 0.15) is 5.75 Å². The van der Waals surface area contributed by atoms with E-state index in [1.165, 1.54) is 16.0 Å². The van der Waals surface area contributed by atoms with Gasteiger partial charge in [-0.05, 0) is 53.4 Å². The van der Waals surface area contributed by atoms with Gasteiger partial charge >= 0.3 is 0 Å². The number of aromatic nitrogens is 3. The Bertz CT molecular complexity index is 1110. The molecule has 0 aliphatic heterocycles. The molecule has 0 aliphatic carbocycles. The summed E-state index contributed by atoms with van der Waals surface area (Å²) >= 11 is 7.31. The molecule has 0 radical (unpaired) electrons. The summed E-state index contributed by atoms with van der Waals surface area (Å²) in [6.45, 7) is 0.482. The molecule has 2 aromatic carbocycles. The predicted octanol–water partition coefficient (Wildman–Crippen LogP) is 4.97. The molecule has 0 fully saturated rings. The van der Waals surface area contributed by atoms with E-state index in [4.69, 9.17) is 16.3 Å². The van der Waals surface area contributed by atoms with E-state index in [2.05, 4.69) is 15.4 Å². The van der Waals surface area contributed by atoms with Gasteiger partial charge < -0.3 is 10.1 Å². The number of nitrogens with one attached hydrogen (secondary N) is 1. The number of benzene rings is 2. The summed E-state index contributed by atoms with van der Waals surface area (Å²) in [5.74, 6) is 1.34. The Morgan fingerprint density at radius 1 is 1.14 bits per heavy atom. The molecule has 8 heteroatoms. The quantitative estimate of drug-likeness (QED) is 0.473. The molecule has 0 unspecified atom stereocenters. The minimum Gasteiger partial charge on any atom is -0.497 e. The number of anilines is 1. The van der Waals surface area contributed by atoms with Gasteiger partial charge in [0.2, 0.25) is 5.95 Å². The maximum Gasteiger partial charge on any atom is 0.291 e. The maximum atomic E-state index is 12.9. The lowest BCUT2D eigenvalue weighted by atomic mass is 10.2. The highest BCUT2D eigenvalue weighted by atomic mass is 35.5. The number of halogens is 1. The summed E-state index contributed by atoms with van der Waals surface area (Å²) < 4.78 is 6.50. The summed E-state index contributed by atoms with van der Waals surface area (Å²) in [4.78, 5) is 18.1. The largest absolute Gasteiger partial charge is 0.497 e. The highest BCUT2D eigenvalue weighted by Gasteiger charge is 2.19. The van der Waals surface area contributed by atoms with Crippen LogP contribution >= 0.6 is 22.9 Å². The van der Waals surface area contributed by atoms with Crippen molar-refractivity contribution in [3.8, 4) is 17.1 Å². The van der Waals surface area contributed by atoms with Crippen molar-refractivity contribution in [1.29, 1.82) is 0 Å². The Hall–Kier alpha value is -3.16. The SMILES string of the molecule is COc1ccc(-c2nc(NCc3ccc(Cl)cc3)n(C(=O)c3cccs3)n2)cc1.